The summed E-state index contributed by atoms with van der Waals surface area (Å²) in [6.07, 6.45) is 2.13. The molecule has 1 aliphatic carbocycles. The quantitative estimate of drug-likeness (QED) is 0.859. The molecule has 1 aromatic heterocycles. The minimum Gasteiger partial charge on any atom is -0.396 e. The lowest BCUT2D eigenvalue weighted by atomic mass is 10.1. The number of carbonyl (C=O) groups is 1. The first-order valence-corrected chi connectivity index (χ1v) is 8.06. The zero-order chi connectivity index (χ0) is 15.6. The third kappa shape index (κ3) is 3.51. The summed E-state index contributed by atoms with van der Waals surface area (Å²) in [4.78, 5) is 16.3. The van der Waals surface area contributed by atoms with Crippen molar-refractivity contribution in [3.05, 3.63) is 41.2 Å². The molecule has 1 aliphatic rings. The fourth-order valence-electron chi connectivity index (χ4n) is 2.22. The Morgan fingerprint density at radius 2 is 2.27 bits per heavy atom. The summed E-state index contributed by atoms with van der Waals surface area (Å²) in [7, 11) is 0. The van der Waals surface area contributed by atoms with Crippen molar-refractivity contribution in [2.24, 2.45) is 5.41 Å². The van der Waals surface area contributed by atoms with Crippen LogP contribution in [0.25, 0.3) is 10.6 Å². The van der Waals surface area contributed by atoms with Crippen molar-refractivity contribution in [2.75, 3.05) is 13.2 Å². The van der Waals surface area contributed by atoms with Crippen LogP contribution in [-0.2, 0) is 11.2 Å². The first-order valence-electron chi connectivity index (χ1n) is 7.18. The molecule has 0 radical (unpaired) electrons. The second kappa shape index (κ2) is 6.14. The molecule has 0 saturated heterocycles. The molecule has 1 aromatic carbocycles. The highest BCUT2D eigenvalue weighted by atomic mass is 32.1. The van der Waals surface area contributed by atoms with Gasteiger partial charge in [0.15, 0.2) is 0 Å². The van der Waals surface area contributed by atoms with Crippen LogP contribution in [-0.4, -0.2) is 29.1 Å². The molecule has 0 aliphatic heterocycles. The molecule has 4 nitrogen and oxygen atoms in total. The number of aliphatic hydroxyl groups excluding tert-OH is 1. The molecule has 116 valence electrons. The Hall–Kier alpha value is -1.79. The largest absolute Gasteiger partial charge is 0.396 e. The lowest BCUT2D eigenvalue weighted by molar-refractivity contribution is -0.120. The predicted octanol–water partition coefficient (Wildman–Crippen LogP) is 2.38. The van der Waals surface area contributed by atoms with Gasteiger partial charge in [-0.15, -0.1) is 11.3 Å². The van der Waals surface area contributed by atoms with Crippen LogP contribution in [0.3, 0.4) is 0 Å². The van der Waals surface area contributed by atoms with Crippen LogP contribution in [0.15, 0.2) is 29.6 Å². The SMILES string of the molecule is O=C(Cc1csc(-c2cccc(F)c2)n1)NCC1(CO)CC1. The number of amides is 1. The summed E-state index contributed by atoms with van der Waals surface area (Å²) >= 11 is 1.40. The maximum absolute atomic E-state index is 13.2. The Morgan fingerprint density at radius 3 is 2.95 bits per heavy atom. The van der Waals surface area contributed by atoms with Crippen LogP contribution in [0.1, 0.15) is 18.5 Å². The van der Waals surface area contributed by atoms with E-state index in [1.54, 1.807) is 12.1 Å². The summed E-state index contributed by atoms with van der Waals surface area (Å²) in [6, 6.07) is 6.26. The van der Waals surface area contributed by atoms with Crippen molar-refractivity contribution < 1.29 is 14.3 Å². The van der Waals surface area contributed by atoms with Gasteiger partial charge in [-0.1, -0.05) is 12.1 Å². The topological polar surface area (TPSA) is 62.2 Å². The van der Waals surface area contributed by atoms with Crippen LogP contribution < -0.4 is 5.32 Å². The number of aromatic nitrogens is 1. The van der Waals surface area contributed by atoms with Crippen LogP contribution in [0, 0.1) is 11.2 Å². The lowest BCUT2D eigenvalue weighted by Gasteiger charge is -2.12. The number of thiazole rings is 1. The first-order chi connectivity index (χ1) is 10.6. The average Bonchev–Trinajstić information content (AvgIpc) is 3.16. The Bertz CT molecular complexity index is 682. The van der Waals surface area contributed by atoms with Crippen molar-refractivity contribution in [1.82, 2.24) is 10.3 Å². The molecule has 0 bridgehead atoms. The summed E-state index contributed by atoms with van der Waals surface area (Å²) in [5.74, 6) is -0.401. The second-order valence-corrected chi connectivity index (χ2v) is 6.62. The van der Waals surface area contributed by atoms with E-state index >= 15 is 0 Å². The fourth-order valence-corrected chi connectivity index (χ4v) is 3.04. The maximum atomic E-state index is 13.2. The van der Waals surface area contributed by atoms with E-state index in [0.29, 0.717) is 22.8 Å². The Balaban J connectivity index is 1.58. The molecule has 0 atom stereocenters. The minimum absolute atomic E-state index is 0.0928. The van der Waals surface area contributed by atoms with Gasteiger partial charge in [0.25, 0.3) is 0 Å². The van der Waals surface area contributed by atoms with E-state index in [1.165, 1.54) is 23.5 Å². The zero-order valence-corrected chi connectivity index (χ0v) is 12.8. The van der Waals surface area contributed by atoms with Gasteiger partial charge in [0.05, 0.1) is 18.7 Å². The highest BCUT2D eigenvalue weighted by Gasteiger charge is 2.42. The Kier molecular flexibility index (Phi) is 4.22. The van der Waals surface area contributed by atoms with Crippen LogP contribution >= 0.6 is 11.3 Å². The maximum Gasteiger partial charge on any atom is 0.226 e. The molecule has 6 heteroatoms. The summed E-state index contributed by atoms with van der Waals surface area (Å²) in [5, 5.41) is 14.6. The Labute approximate surface area is 132 Å². The van der Waals surface area contributed by atoms with Crippen molar-refractivity contribution >= 4 is 17.2 Å². The van der Waals surface area contributed by atoms with Crippen molar-refractivity contribution in [3.8, 4) is 10.6 Å². The lowest BCUT2D eigenvalue weighted by Crippen LogP contribution is -2.32. The highest BCUT2D eigenvalue weighted by Crippen LogP contribution is 2.44. The van der Waals surface area contributed by atoms with Gasteiger partial charge in [0, 0.05) is 22.9 Å². The van der Waals surface area contributed by atoms with E-state index in [0.717, 1.165) is 12.8 Å². The van der Waals surface area contributed by atoms with E-state index in [4.69, 9.17) is 0 Å². The van der Waals surface area contributed by atoms with Gasteiger partial charge in [0.1, 0.15) is 10.8 Å². The van der Waals surface area contributed by atoms with Crippen LogP contribution in [0.2, 0.25) is 0 Å². The highest BCUT2D eigenvalue weighted by molar-refractivity contribution is 7.13. The van der Waals surface area contributed by atoms with Gasteiger partial charge < -0.3 is 10.4 Å². The standard InChI is InChI=1S/C16H17FN2O2S/c17-12-3-1-2-11(6-12)15-19-13(8-22-15)7-14(21)18-9-16(10-20)4-5-16/h1-3,6,8,20H,4-5,7,9-10H2,(H,18,21). The zero-order valence-electron chi connectivity index (χ0n) is 12.0. The summed E-state index contributed by atoms with van der Waals surface area (Å²) in [5.41, 5.74) is 1.30. The number of aliphatic hydroxyl groups is 1. The van der Waals surface area contributed by atoms with Crippen molar-refractivity contribution in [3.63, 3.8) is 0 Å². The normalized spacial score (nSPS) is 15.5. The fraction of sp³-hybridized carbons (Fsp3) is 0.375. The second-order valence-electron chi connectivity index (χ2n) is 5.77. The third-order valence-electron chi connectivity index (χ3n) is 3.92. The molecule has 1 amide bonds. The number of hydrogen-bond donors (Lipinski definition) is 2. The number of benzene rings is 1. The number of rotatable bonds is 6. The number of carbonyl (C=O) groups excluding carboxylic acids is 1. The molecule has 22 heavy (non-hydrogen) atoms. The van der Waals surface area contributed by atoms with Gasteiger partial charge in [-0.3, -0.25) is 4.79 Å². The summed E-state index contributed by atoms with van der Waals surface area (Å²) in [6.45, 7) is 0.636. The van der Waals surface area contributed by atoms with Gasteiger partial charge in [-0.2, -0.15) is 0 Å². The minimum atomic E-state index is -0.300. The van der Waals surface area contributed by atoms with Crippen molar-refractivity contribution in [1.29, 1.82) is 0 Å². The number of nitrogens with zero attached hydrogens (tertiary/aromatic N) is 1. The molecule has 0 spiro atoms. The molecule has 1 saturated carbocycles. The van der Waals surface area contributed by atoms with E-state index < -0.39 is 0 Å². The van der Waals surface area contributed by atoms with E-state index in [1.807, 2.05) is 5.38 Å². The van der Waals surface area contributed by atoms with E-state index in [9.17, 15) is 14.3 Å². The van der Waals surface area contributed by atoms with Crippen LogP contribution in [0.4, 0.5) is 4.39 Å². The van der Waals surface area contributed by atoms with Gasteiger partial charge in [-0.25, -0.2) is 9.37 Å². The third-order valence-corrected chi connectivity index (χ3v) is 4.86. The van der Waals surface area contributed by atoms with E-state index in [-0.39, 0.29) is 30.2 Å². The number of hydrogen-bond acceptors (Lipinski definition) is 4. The van der Waals surface area contributed by atoms with Crippen LogP contribution in [0.5, 0.6) is 0 Å². The molecule has 1 heterocycles. The first kappa shape index (κ1) is 15.1. The smallest absolute Gasteiger partial charge is 0.226 e. The van der Waals surface area contributed by atoms with Gasteiger partial charge in [-0.05, 0) is 25.0 Å². The average molecular weight is 320 g/mol. The number of halogens is 1. The van der Waals surface area contributed by atoms with Gasteiger partial charge in [0.2, 0.25) is 5.91 Å². The molecule has 2 aromatic rings. The predicted molar refractivity (Wildman–Crippen MR) is 83.0 cm³/mol. The van der Waals surface area contributed by atoms with E-state index in [2.05, 4.69) is 10.3 Å². The summed E-state index contributed by atoms with van der Waals surface area (Å²) < 4.78 is 13.2. The molecule has 0 unspecified atom stereocenters. The Morgan fingerprint density at radius 1 is 1.45 bits per heavy atom. The van der Waals surface area contributed by atoms with Gasteiger partial charge >= 0.3 is 0 Å². The number of nitrogens with one attached hydrogen (secondary N) is 1. The molecular formula is C16H17FN2O2S. The molecule has 3 rings (SSSR count). The molecule has 2 N–H and O–H groups in total. The monoisotopic (exact) mass is 320 g/mol. The molecular weight excluding hydrogens is 303 g/mol. The molecule has 1 fully saturated rings. The van der Waals surface area contributed by atoms with Crippen molar-refractivity contribution in [2.45, 2.75) is 19.3 Å².